The van der Waals surface area contributed by atoms with Crippen LogP contribution in [0.1, 0.15) is 38.5 Å². The first-order valence-corrected chi connectivity index (χ1v) is 8.89. The van der Waals surface area contributed by atoms with Gasteiger partial charge in [-0.15, -0.1) is 0 Å². The summed E-state index contributed by atoms with van der Waals surface area (Å²) in [5, 5.41) is 2.56. The van der Waals surface area contributed by atoms with E-state index in [1.54, 1.807) is 0 Å². The summed E-state index contributed by atoms with van der Waals surface area (Å²) in [6.07, 6.45) is 5.91. The second-order valence-corrected chi connectivity index (χ2v) is 6.65. The third kappa shape index (κ3) is 6.82. The van der Waals surface area contributed by atoms with E-state index in [2.05, 4.69) is 5.32 Å². The Balaban J connectivity index is 1.65. The lowest BCUT2D eigenvalue weighted by Gasteiger charge is -2.17. The van der Waals surface area contributed by atoms with E-state index in [4.69, 9.17) is 4.74 Å². The zero-order chi connectivity index (χ0) is 18.9. The van der Waals surface area contributed by atoms with Crippen LogP contribution in [0, 0.1) is 11.7 Å². The third-order valence-corrected chi connectivity index (χ3v) is 4.52. The quantitative estimate of drug-likeness (QED) is 0.720. The lowest BCUT2D eigenvalue weighted by Crippen LogP contribution is -2.37. The average molecular weight is 364 g/mol. The number of halogens is 1. The van der Waals surface area contributed by atoms with Crippen LogP contribution in [0.15, 0.2) is 24.3 Å². The molecular formula is C19H25FN2O4. The van der Waals surface area contributed by atoms with E-state index in [-0.39, 0.29) is 19.1 Å². The highest BCUT2D eigenvalue weighted by Crippen LogP contribution is 2.28. The molecule has 1 saturated carbocycles. The summed E-state index contributed by atoms with van der Waals surface area (Å²) < 4.78 is 17.8. The lowest BCUT2D eigenvalue weighted by atomic mass is 10.0. The summed E-state index contributed by atoms with van der Waals surface area (Å²) in [6, 6.07) is 5.33. The van der Waals surface area contributed by atoms with Gasteiger partial charge in [0.05, 0.1) is 6.54 Å². The molecular weight excluding hydrogens is 339 g/mol. The van der Waals surface area contributed by atoms with Gasteiger partial charge in [0.15, 0.2) is 6.61 Å². The minimum Gasteiger partial charge on any atom is -0.456 e. The Morgan fingerprint density at radius 1 is 1.19 bits per heavy atom. The van der Waals surface area contributed by atoms with Gasteiger partial charge in [0.1, 0.15) is 5.82 Å². The van der Waals surface area contributed by atoms with Crippen LogP contribution in [0.25, 0.3) is 0 Å². The predicted molar refractivity (Wildman–Crippen MR) is 94.8 cm³/mol. The van der Waals surface area contributed by atoms with Crippen molar-refractivity contribution in [2.45, 2.75) is 38.5 Å². The summed E-state index contributed by atoms with van der Waals surface area (Å²) in [5.74, 6) is -1.05. The minimum atomic E-state index is -0.450. The zero-order valence-electron chi connectivity index (χ0n) is 15.0. The summed E-state index contributed by atoms with van der Waals surface area (Å²) in [5.41, 5.74) is 0.440. The highest BCUT2D eigenvalue weighted by molar-refractivity contribution is 5.94. The number of amides is 2. The lowest BCUT2D eigenvalue weighted by molar-refractivity contribution is -0.152. The van der Waals surface area contributed by atoms with Gasteiger partial charge < -0.3 is 15.0 Å². The number of ether oxygens (including phenoxy) is 1. The molecule has 1 fully saturated rings. The predicted octanol–water partition coefficient (Wildman–Crippen LogP) is 2.74. The molecule has 6 nitrogen and oxygen atoms in total. The number of nitrogens with one attached hydrogen (secondary N) is 1. The molecule has 1 aromatic carbocycles. The van der Waals surface area contributed by atoms with Crippen LogP contribution in [0.2, 0.25) is 0 Å². The normalized spacial score (nSPS) is 14.1. The standard InChI is InChI=1S/C19H25FN2O4/c1-22(12-17(23)21-16-9-7-15(20)8-10-16)18(24)13-26-19(25)11-6-14-4-2-3-5-14/h7-10,14H,2-6,11-13H2,1H3,(H,21,23). The van der Waals surface area contributed by atoms with E-state index < -0.39 is 17.6 Å². The molecule has 26 heavy (non-hydrogen) atoms. The van der Waals surface area contributed by atoms with E-state index in [0.717, 1.165) is 19.3 Å². The number of anilines is 1. The first-order chi connectivity index (χ1) is 12.4. The van der Waals surface area contributed by atoms with Crippen molar-refractivity contribution in [1.82, 2.24) is 4.90 Å². The van der Waals surface area contributed by atoms with Crippen LogP contribution in [0.5, 0.6) is 0 Å². The number of hydrogen-bond donors (Lipinski definition) is 1. The number of carbonyl (C=O) groups is 3. The Bertz CT molecular complexity index is 627. The number of likely N-dealkylation sites (N-methyl/N-ethyl adjacent to an activating group) is 1. The number of hydrogen-bond acceptors (Lipinski definition) is 4. The topological polar surface area (TPSA) is 75.7 Å². The molecule has 0 aromatic heterocycles. The molecule has 1 N–H and O–H groups in total. The summed E-state index contributed by atoms with van der Waals surface area (Å²) in [6.45, 7) is -0.556. The van der Waals surface area contributed by atoms with Gasteiger partial charge >= 0.3 is 5.97 Å². The van der Waals surface area contributed by atoms with Crippen LogP contribution in [-0.4, -0.2) is 42.9 Å². The van der Waals surface area contributed by atoms with E-state index in [1.807, 2.05) is 0 Å². The fraction of sp³-hybridized carbons (Fsp3) is 0.526. The van der Waals surface area contributed by atoms with Gasteiger partial charge in [0.2, 0.25) is 5.91 Å². The van der Waals surface area contributed by atoms with E-state index >= 15 is 0 Å². The van der Waals surface area contributed by atoms with Crippen LogP contribution < -0.4 is 5.32 Å². The maximum atomic E-state index is 12.8. The van der Waals surface area contributed by atoms with E-state index in [9.17, 15) is 18.8 Å². The van der Waals surface area contributed by atoms with Crippen molar-refractivity contribution in [3.05, 3.63) is 30.1 Å². The Kier molecular flexibility index (Phi) is 7.56. The van der Waals surface area contributed by atoms with Crippen molar-refractivity contribution >= 4 is 23.5 Å². The maximum absolute atomic E-state index is 12.8. The highest BCUT2D eigenvalue weighted by atomic mass is 19.1. The van der Waals surface area contributed by atoms with Crippen molar-refractivity contribution in [2.75, 3.05) is 25.5 Å². The van der Waals surface area contributed by atoms with Crippen molar-refractivity contribution < 1.29 is 23.5 Å². The second-order valence-electron chi connectivity index (χ2n) is 6.65. The summed E-state index contributed by atoms with van der Waals surface area (Å²) >= 11 is 0. The van der Waals surface area contributed by atoms with Crippen molar-refractivity contribution in [3.63, 3.8) is 0 Å². The molecule has 0 radical (unpaired) electrons. The Hall–Kier alpha value is -2.44. The number of benzene rings is 1. The summed E-state index contributed by atoms with van der Waals surface area (Å²) in [4.78, 5) is 36.8. The zero-order valence-corrected chi connectivity index (χ0v) is 15.0. The Labute approximate surface area is 152 Å². The molecule has 0 spiro atoms. The van der Waals surface area contributed by atoms with Crippen molar-refractivity contribution in [3.8, 4) is 0 Å². The first kappa shape index (κ1) is 19.9. The molecule has 0 bridgehead atoms. The van der Waals surface area contributed by atoms with E-state index in [0.29, 0.717) is 18.0 Å². The molecule has 1 aromatic rings. The van der Waals surface area contributed by atoms with Gasteiger partial charge in [-0.3, -0.25) is 14.4 Å². The number of carbonyl (C=O) groups excluding carboxylic acids is 3. The van der Waals surface area contributed by atoms with Gasteiger partial charge in [0, 0.05) is 19.2 Å². The SMILES string of the molecule is CN(CC(=O)Nc1ccc(F)cc1)C(=O)COC(=O)CCC1CCCC1. The molecule has 0 unspecified atom stereocenters. The smallest absolute Gasteiger partial charge is 0.306 e. The molecule has 0 aliphatic heterocycles. The molecule has 1 aliphatic carbocycles. The largest absolute Gasteiger partial charge is 0.456 e. The minimum absolute atomic E-state index is 0.185. The van der Waals surface area contributed by atoms with Gasteiger partial charge in [-0.25, -0.2) is 4.39 Å². The van der Waals surface area contributed by atoms with Crippen LogP contribution in [0.4, 0.5) is 10.1 Å². The van der Waals surface area contributed by atoms with Crippen molar-refractivity contribution in [1.29, 1.82) is 0 Å². The van der Waals surface area contributed by atoms with Crippen LogP contribution in [0.3, 0.4) is 0 Å². The number of esters is 1. The number of nitrogens with zero attached hydrogens (tertiary/aromatic N) is 1. The Morgan fingerprint density at radius 2 is 1.85 bits per heavy atom. The van der Waals surface area contributed by atoms with Crippen LogP contribution >= 0.6 is 0 Å². The molecule has 0 saturated heterocycles. The third-order valence-electron chi connectivity index (χ3n) is 4.52. The molecule has 2 amide bonds. The Morgan fingerprint density at radius 3 is 2.50 bits per heavy atom. The van der Waals surface area contributed by atoms with Gasteiger partial charge in [-0.05, 0) is 36.6 Å². The van der Waals surface area contributed by atoms with Gasteiger partial charge in [-0.1, -0.05) is 25.7 Å². The fourth-order valence-electron chi connectivity index (χ4n) is 2.98. The average Bonchev–Trinajstić information content (AvgIpc) is 3.13. The molecule has 7 heteroatoms. The molecule has 1 aliphatic rings. The molecule has 142 valence electrons. The van der Waals surface area contributed by atoms with Crippen LogP contribution in [-0.2, 0) is 19.1 Å². The molecule has 2 rings (SSSR count). The first-order valence-electron chi connectivity index (χ1n) is 8.89. The van der Waals surface area contributed by atoms with E-state index in [1.165, 1.54) is 49.1 Å². The number of rotatable bonds is 8. The molecule has 0 atom stereocenters. The van der Waals surface area contributed by atoms with Crippen molar-refractivity contribution in [2.24, 2.45) is 5.92 Å². The maximum Gasteiger partial charge on any atom is 0.306 e. The van der Waals surface area contributed by atoms with Gasteiger partial charge in [-0.2, -0.15) is 0 Å². The second kappa shape index (κ2) is 9.89. The highest BCUT2D eigenvalue weighted by Gasteiger charge is 2.18. The molecule has 0 heterocycles. The fourth-order valence-corrected chi connectivity index (χ4v) is 2.98. The van der Waals surface area contributed by atoms with Gasteiger partial charge in [0.25, 0.3) is 5.91 Å². The monoisotopic (exact) mass is 364 g/mol. The summed E-state index contributed by atoms with van der Waals surface area (Å²) in [7, 11) is 1.46.